The second kappa shape index (κ2) is 7.56. The van der Waals surface area contributed by atoms with Gasteiger partial charge in [-0.3, -0.25) is 9.47 Å². The number of hydrogen-bond acceptors (Lipinski definition) is 3. The molecule has 0 bridgehead atoms. The van der Waals surface area contributed by atoms with E-state index < -0.39 is 0 Å². The monoisotopic (exact) mass is 364 g/mol. The zero-order chi connectivity index (χ0) is 17.9. The average molecular weight is 365 g/mol. The number of hydrogen-bond donors (Lipinski definition) is 0. The van der Waals surface area contributed by atoms with Gasteiger partial charge in [0, 0.05) is 5.56 Å². The van der Waals surface area contributed by atoms with Crippen molar-refractivity contribution in [2.24, 2.45) is 0 Å². The zero-order valence-electron chi connectivity index (χ0n) is 15.1. The van der Waals surface area contributed by atoms with Crippen molar-refractivity contribution >= 4 is 12.2 Å². The van der Waals surface area contributed by atoms with Crippen LogP contribution in [0.25, 0.3) is 17.1 Å². The van der Waals surface area contributed by atoms with Crippen LogP contribution in [0, 0.1) is 11.7 Å². The highest BCUT2D eigenvalue weighted by Gasteiger charge is 2.17. The molecule has 5 heteroatoms. The molecule has 0 atom stereocenters. The molecular weight excluding hydrogens is 340 g/mol. The summed E-state index contributed by atoms with van der Waals surface area (Å²) in [5.41, 5.74) is 3.36. The highest BCUT2D eigenvalue weighted by molar-refractivity contribution is 7.71. The third kappa shape index (κ3) is 3.50. The number of rotatable bonds is 4. The average Bonchev–Trinajstić information content (AvgIpc) is 3.00. The Morgan fingerprint density at radius 1 is 0.962 bits per heavy atom. The maximum Gasteiger partial charge on any atom is 0.204 e. The summed E-state index contributed by atoms with van der Waals surface area (Å²) in [7, 11) is 0. The molecule has 1 fully saturated rings. The van der Waals surface area contributed by atoms with Crippen LogP contribution in [0.4, 0.5) is 0 Å². The van der Waals surface area contributed by atoms with Crippen LogP contribution in [0.15, 0.2) is 54.6 Å². The quantitative estimate of drug-likeness (QED) is 0.621. The van der Waals surface area contributed by atoms with E-state index in [1.807, 2.05) is 22.9 Å². The van der Waals surface area contributed by atoms with Gasteiger partial charge in [-0.05, 0) is 62.8 Å². The summed E-state index contributed by atoms with van der Waals surface area (Å²) in [6, 6.07) is 18.7. The van der Waals surface area contributed by atoms with E-state index in [9.17, 15) is 0 Å². The minimum absolute atomic E-state index is 0.750. The maximum atomic E-state index is 5.84. The Kier molecular flexibility index (Phi) is 5.00. The van der Waals surface area contributed by atoms with Gasteiger partial charge in [0.1, 0.15) is 0 Å². The second-order valence-corrected chi connectivity index (χ2v) is 7.33. The van der Waals surface area contributed by atoms with E-state index >= 15 is 0 Å². The third-order valence-corrected chi connectivity index (χ3v) is 5.31. The molecule has 4 nitrogen and oxygen atoms in total. The van der Waals surface area contributed by atoms with Crippen molar-refractivity contribution < 1.29 is 0 Å². The number of aromatic nitrogens is 3. The van der Waals surface area contributed by atoms with Crippen LogP contribution >= 0.6 is 12.2 Å². The van der Waals surface area contributed by atoms with Crippen molar-refractivity contribution in [3.63, 3.8) is 0 Å². The molecule has 1 aliphatic heterocycles. The summed E-state index contributed by atoms with van der Waals surface area (Å²) >= 11 is 5.84. The van der Waals surface area contributed by atoms with Crippen LogP contribution in [-0.2, 0) is 6.67 Å². The fraction of sp³-hybridized carbons (Fsp3) is 0.333. The second-order valence-electron chi connectivity index (χ2n) is 6.97. The standard InChI is InChI=1S/C21H24N4S/c1-17-9-8-12-19(15-17)25-20(18-10-4-2-5-11-18)22-24(21(25)26)16-23-13-6-3-7-14-23/h2,4-5,8-12,15H,3,6-7,13-14,16H2,1H3. The molecule has 2 heterocycles. The summed E-state index contributed by atoms with van der Waals surface area (Å²) < 4.78 is 4.83. The highest BCUT2D eigenvalue weighted by Crippen LogP contribution is 2.23. The van der Waals surface area contributed by atoms with E-state index in [1.165, 1.54) is 24.8 Å². The first-order valence-electron chi connectivity index (χ1n) is 9.27. The molecule has 0 N–H and O–H groups in total. The number of nitrogens with zero attached hydrogens (tertiary/aromatic N) is 4. The Morgan fingerprint density at radius 2 is 1.73 bits per heavy atom. The Morgan fingerprint density at radius 3 is 2.46 bits per heavy atom. The summed E-state index contributed by atoms with van der Waals surface area (Å²) in [6.45, 7) is 5.12. The van der Waals surface area contributed by atoms with E-state index in [2.05, 4.69) is 52.8 Å². The van der Waals surface area contributed by atoms with E-state index in [-0.39, 0.29) is 0 Å². The molecule has 1 aromatic heterocycles. The minimum Gasteiger partial charge on any atom is -0.284 e. The van der Waals surface area contributed by atoms with Gasteiger partial charge in [0.2, 0.25) is 4.77 Å². The number of piperidine rings is 1. The first kappa shape index (κ1) is 17.2. The zero-order valence-corrected chi connectivity index (χ0v) is 16.0. The normalized spacial score (nSPS) is 15.3. The van der Waals surface area contributed by atoms with Crippen LogP contribution < -0.4 is 0 Å². The van der Waals surface area contributed by atoms with E-state index in [0.717, 1.165) is 41.6 Å². The van der Waals surface area contributed by atoms with E-state index in [4.69, 9.17) is 17.3 Å². The lowest BCUT2D eigenvalue weighted by Crippen LogP contribution is -2.32. The minimum atomic E-state index is 0.750. The van der Waals surface area contributed by atoms with Crippen LogP contribution in [0.2, 0.25) is 0 Å². The summed E-state index contributed by atoms with van der Waals surface area (Å²) in [6.07, 6.45) is 3.85. The first-order valence-corrected chi connectivity index (χ1v) is 9.68. The number of likely N-dealkylation sites (tertiary alicyclic amines) is 1. The van der Waals surface area contributed by atoms with Crippen LogP contribution in [0.3, 0.4) is 0 Å². The molecular formula is C21H24N4S. The molecule has 26 heavy (non-hydrogen) atoms. The Balaban J connectivity index is 1.81. The molecule has 0 unspecified atom stereocenters. The lowest BCUT2D eigenvalue weighted by molar-refractivity contribution is 0.172. The lowest BCUT2D eigenvalue weighted by Gasteiger charge is -2.25. The van der Waals surface area contributed by atoms with Gasteiger partial charge in [0.25, 0.3) is 0 Å². The fourth-order valence-corrected chi connectivity index (χ4v) is 3.85. The van der Waals surface area contributed by atoms with Crippen molar-refractivity contribution in [1.29, 1.82) is 0 Å². The van der Waals surface area contributed by atoms with E-state index in [0.29, 0.717) is 0 Å². The van der Waals surface area contributed by atoms with Crippen LogP contribution in [0.5, 0.6) is 0 Å². The van der Waals surface area contributed by atoms with Crippen molar-refractivity contribution in [2.75, 3.05) is 13.1 Å². The SMILES string of the molecule is Cc1cccc(-n2c(-c3ccccc3)nn(CN3CCCCC3)c2=S)c1. The predicted octanol–water partition coefficient (Wildman–Crippen LogP) is 4.82. The Bertz CT molecular complexity index is 936. The maximum absolute atomic E-state index is 5.84. The molecule has 0 spiro atoms. The van der Waals surface area contributed by atoms with Gasteiger partial charge in [-0.15, -0.1) is 5.10 Å². The highest BCUT2D eigenvalue weighted by atomic mass is 32.1. The molecule has 0 radical (unpaired) electrons. The van der Waals surface area contributed by atoms with Crippen molar-refractivity contribution in [3.8, 4) is 17.1 Å². The summed E-state index contributed by atoms with van der Waals surface area (Å²) in [5.74, 6) is 0.901. The van der Waals surface area contributed by atoms with Crippen molar-refractivity contribution in [3.05, 3.63) is 64.9 Å². The topological polar surface area (TPSA) is 26.0 Å². The van der Waals surface area contributed by atoms with Gasteiger partial charge in [-0.25, -0.2) is 4.68 Å². The van der Waals surface area contributed by atoms with Gasteiger partial charge < -0.3 is 0 Å². The molecule has 4 rings (SSSR count). The first-order chi connectivity index (χ1) is 12.7. The van der Waals surface area contributed by atoms with Crippen molar-refractivity contribution in [2.45, 2.75) is 32.9 Å². The van der Waals surface area contributed by atoms with Gasteiger partial charge in [0.15, 0.2) is 5.82 Å². The summed E-state index contributed by atoms with van der Waals surface area (Å²) in [4.78, 5) is 2.45. The molecule has 0 saturated carbocycles. The number of benzene rings is 2. The Hall–Kier alpha value is -2.24. The van der Waals surface area contributed by atoms with Crippen LogP contribution in [0.1, 0.15) is 24.8 Å². The Labute approximate surface area is 159 Å². The lowest BCUT2D eigenvalue weighted by atomic mass is 10.1. The molecule has 0 aliphatic carbocycles. The van der Waals surface area contributed by atoms with Gasteiger partial charge >= 0.3 is 0 Å². The largest absolute Gasteiger partial charge is 0.284 e. The number of aryl methyl sites for hydroxylation is 1. The molecule has 2 aromatic carbocycles. The molecule has 3 aromatic rings. The van der Waals surface area contributed by atoms with Gasteiger partial charge in [0.05, 0.1) is 12.4 Å². The van der Waals surface area contributed by atoms with Gasteiger partial charge in [-0.1, -0.05) is 48.9 Å². The molecule has 134 valence electrons. The van der Waals surface area contributed by atoms with Gasteiger partial charge in [-0.2, -0.15) is 0 Å². The summed E-state index contributed by atoms with van der Waals surface area (Å²) in [5, 5.41) is 4.91. The third-order valence-electron chi connectivity index (χ3n) is 4.91. The molecule has 1 saturated heterocycles. The predicted molar refractivity (Wildman–Crippen MR) is 108 cm³/mol. The van der Waals surface area contributed by atoms with Crippen molar-refractivity contribution in [1.82, 2.24) is 19.2 Å². The molecule has 0 amide bonds. The molecule has 1 aliphatic rings. The van der Waals surface area contributed by atoms with Crippen LogP contribution in [-0.4, -0.2) is 32.3 Å². The fourth-order valence-electron chi connectivity index (χ4n) is 3.56. The smallest absolute Gasteiger partial charge is 0.204 e. The van der Waals surface area contributed by atoms with E-state index in [1.54, 1.807) is 0 Å².